The zero-order valence-electron chi connectivity index (χ0n) is 20.2. The van der Waals surface area contributed by atoms with Gasteiger partial charge in [0.2, 0.25) is 0 Å². The smallest absolute Gasteiger partial charge is 0.167 e. The normalized spacial score (nSPS) is 16.1. The second-order valence-corrected chi connectivity index (χ2v) is 9.14. The quantitative estimate of drug-likeness (QED) is 0.234. The lowest BCUT2D eigenvalue weighted by Gasteiger charge is -2.22. The Kier molecular flexibility index (Phi) is 7.90. The van der Waals surface area contributed by atoms with Crippen LogP contribution in [0, 0.1) is 29.2 Å². The fourth-order valence-corrected chi connectivity index (χ4v) is 4.83. The van der Waals surface area contributed by atoms with E-state index in [9.17, 15) is 8.78 Å². The number of aryl methyl sites for hydroxylation is 1. The Hall–Kier alpha value is -3.14. The molecule has 0 N–H and O–H groups in total. The van der Waals surface area contributed by atoms with Crippen LogP contribution in [0.3, 0.4) is 0 Å². The van der Waals surface area contributed by atoms with E-state index in [0.717, 1.165) is 37.7 Å². The summed E-state index contributed by atoms with van der Waals surface area (Å²) >= 11 is 0. The third kappa shape index (κ3) is 5.27. The van der Waals surface area contributed by atoms with Crippen molar-refractivity contribution in [1.82, 2.24) is 0 Å². The van der Waals surface area contributed by atoms with Crippen molar-refractivity contribution in [3.05, 3.63) is 101 Å². The lowest BCUT2D eigenvalue weighted by atomic mass is 9.83. The molecule has 0 aromatic heterocycles. The predicted molar refractivity (Wildman–Crippen MR) is 136 cm³/mol. The molecule has 1 unspecified atom stereocenters. The predicted octanol–water partition coefficient (Wildman–Crippen LogP) is 9.68. The van der Waals surface area contributed by atoms with E-state index in [-0.39, 0.29) is 11.1 Å². The van der Waals surface area contributed by atoms with Gasteiger partial charge in [-0.3, -0.25) is 0 Å². The molecule has 4 heteroatoms. The highest BCUT2D eigenvalue weighted by atomic mass is 19.2. The van der Waals surface area contributed by atoms with E-state index in [0.29, 0.717) is 34.6 Å². The number of rotatable bonds is 7. The van der Waals surface area contributed by atoms with Crippen LogP contribution in [0.5, 0.6) is 0 Å². The molecule has 1 aliphatic rings. The van der Waals surface area contributed by atoms with E-state index in [1.54, 1.807) is 55.5 Å². The highest BCUT2D eigenvalue weighted by molar-refractivity contribution is 5.74. The van der Waals surface area contributed by atoms with Gasteiger partial charge in [-0.25, -0.2) is 17.6 Å². The maximum atomic E-state index is 15.1. The van der Waals surface area contributed by atoms with Crippen molar-refractivity contribution in [2.75, 3.05) is 0 Å². The Morgan fingerprint density at radius 2 is 1.34 bits per heavy atom. The average Bonchev–Trinajstić information content (AvgIpc) is 2.88. The molecule has 0 saturated carbocycles. The summed E-state index contributed by atoms with van der Waals surface area (Å²) in [5.41, 5.74) is 2.73. The van der Waals surface area contributed by atoms with Gasteiger partial charge in [0.05, 0.1) is 0 Å². The van der Waals surface area contributed by atoms with E-state index in [1.807, 2.05) is 13.0 Å². The molecule has 0 saturated heterocycles. The zero-order valence-corrected chi connectivity index (χ0v) is 20.2. The minimum absolute atomic E-state index is 0.140. The van der Waals surface area contributed by atoms with Gasteiger partial charge in [0.25, 0.3) is 0 Å². The number of allylic oxidation sites excluding steroid dienone is 4. The first-order valence-corrected chi connectivity index (χ1v) is 12.3. The molecule has 0 fully saturated rings. The van der Waals surface area contributed by atoms with Crippen LogP contribution in [-0.4, -0.2) is 0 Å². The first kappa shape index (κ1) is 25.0. The maximum Gasteiger partial charge on any atom is 0.167 e. The highest BCUT2D eigenvalue weighted by Crippen LogP contribution is 2.37. The lowest BCUT2D eigenvalue weighted by Crippen LogP contribution is -2.07. The van der Waals surface area contributed by atoms with E-state index in [1.165, 1.54) is 0 Å². The van der Waals surface area contributed by atoms with E-state index in [2.05, 4.69) is 12.2 Å². The van der Waals surface area contributed by atoms with E-state index < -0.39 is 23.3 Å². The molecular formula is C31H30F4. The first-order chi connectivity index (χ1) is 16.9. The van der Waals surface area contributed by atoms with Gasteiger partial charge in [-0.15, -0.1) is 0 Å². The molecule has 0 nitrogen and oxygen atoms in total. The Balaban J connectivity index is 1.55. The number of benzene rings is 3. The van der Waals surface area contributed by atoms with Crippen LogP contribution in [0.25, 0.3) is 27.8 Å². The van der Waals surface area contributed by atoms with Crippen LogP contribution in [0.15, 0.2) is 66.8 Å². The average molecular weight is 479 g/mol. The molecule has 0 radical (unpaired) electrons. The molecule has 0 heterocycles. The van der Waals surface area contributed by atoms with Crippen LogP contribution in [0.4, 0.5) is 17.6 Å². The van der Waals surface area contributed by atoms with Crippen molar-refractivity contribution in [2.45, 2.75) is 52.4 Å². The molecule has 0 aliphatic heterocycles. The summed E-state index contributed by atoms with van der Waals surface area (Å²) < 4.78 is 58.9. The van der Waals surface area contributed by atoms with Crippen LogP contribution in [-0.2, 0) is 6.42 Å². The van der Waals surface area contributed by atoms with Crippen molar-refractivity contribution < 1.29 is 17.6 Å². The van der Waals surface area contributed by atoms with Crippen molar-refractivity contribution in [1.29, 1.82) is 0 Å². The summed E-state index contributed by atoms with van der Waals surface area (Å²) in [6.45, 7) is 3.78. The summed E-state index contributed by atoms with van der Waals surface area (Å²) in [7, 11) is 0. The number of hydrogen-bond acceptors (Lipinski definition) is 0. The third-order valence-corrected chi connectivity index (χ3v) is 6.98. The van der Waals surface area contributed by atoms with Crippen molar-refractivity contribution in [2.24, 2.45) is 5.92 Å². The van der Waals surface area contributed by atoms with Gasteiger partial charge in [0.15, 0.2) is 23.3 Å². The van der Waals surface area contributed by atoms with Crippen molar-refractivity contribution >= 4 is 5.57 Å². The molecule has 1 aliphatic carbocycles. The summed E-state index contributed by atoms with van der Waals surface area (Å²) in [5.74, 6) is -2.90. The van der Waals surface area contributed by atoms with Crippen LogP contribution in [0.2, 0.25) is 0 Å². The van der Waals surface area contributed by atoms with Crippen LogP contribution < -0.4 is 0 Å². The SMILES string of the molecule is C/C=C/CCC1CC=C(c2ccc(-c3ccc(-c4ccc(CC)c(F)c4F)cc3)c(F)c2F)CC1. The monoisotopic (exact) mass is 478 g/mol. The molecule has 0 bridgehead atoms. The Bertz CT molecular complexity index is 1250. The molecule has 35 heavy (non-hydrogen) atoms. The second-order valence-electron chi connectivity index (χ2n) is 9.14. The molecule has 4 rings (SSSR count). The second kappa shape index (κ2) is 11.1. The third-order valence-electron chi connectivity index (χ3n) is 6.98. The molecular weight excluding hydrogens is 448 g/mol. The van der Waals surface area contributed by atoms with Crippen LogP contribution >= 0.6 is 0 Å². The highest BCUT2D eigenvalue weighted by Gasteiger charge is 2.21. The topological polar surface area (TPSA) is 0 Å². The molecule has 0 amide bonds. The Morgan fingerprint density at radius 1 is 0.771 bits per heavy atom. The van der Waals surface area contributed by atoms with Gasteiger partial charge in [-0.05, 0) is 73.6 Å². The zero-order chi connectivity index (χ0) is 24.9. The van der Waals surface area contributed by atoms with Gasteiger partial charge in [0.1, 0.15) is 0 Å². The van der Waals surface area contributed by atoms with Gasteiger partial charge >= 0.3 is 0 Å². The fourth-order valence-electron chi connectivity index (χ4n) is 4.83. The van der Waals surface area contributed by atoms with E-state index in [4.69, 9.17) is 0 Å². The summed E-state index contributed by atoms with van der Waals surface area (Å²) in [5, 5.41) is 0. The first-order valence-electron chi connectivity index (χ1n) is 12.3. The fraction of sp³-hybridized carbons (Fsp3) is 0.290. The van der Waals surface area contributed by atoms with E-state index >= 15 is 8.78 Å². The Labute approximate surface area is 205 Å². The Morgan fingerprint density at radius 3 is 1.91 bits per heavy atom. The molecule has 1 atom stereocenters. The summed E-state index contributed by atoms with van der Waals surface area (Å²) in [4.78, 5) is 0. The molecule has 3 aromatic carbocycles. The minimum atomic E-state index is -0.900. The summed E-state index contributed by atoms with van der Waals surface area (Å²) in [6, 6.07) is 12.8. The molecule has 182 valence electrons. The van der Waals surface area contributed by atoms with Crippen molar-refractivity contribution in [3.63, 3.8) is 0 Å². The minimum Gasteiger partial charge on any atom is -0.203 e. The van der Waals surface area contributed by atoms with Gasteiger partial charge < -0.3 is 0 Å². The van der Waals surface area contributed by atoms with Crippen LogP contribution in [0.1, 0.15) is 57.1 Å². The number of halogens is 4. The standard InChI is InChI=1S/C31H30F4/c1-3-5-6-7-20-8-10-22(11-9-20)26-18-19-27(31(35)30(26)34)24-14-12-23(13-15-24)25-17-16-21(4-2)28(32)29(25)33/h3,5,10,12-20H,4,6-9,11H2,1-2H3/b5-3+. The lowest BCUT2D eigenvalue weighted by molar-refractivity contribution is 0.452. The molecule has 0 spiro atoms. The van der Waals surface area contributed by atoms with Crippen molar-refractivity contribution in [3.8, 4) is 22.3 Å². The van der Waals surface area contributed by atoms with Gasteiger partial charge in [-0.2, -0.15) is 0 Å². The summed E-state index contributed by atoms with van der Waals surface area (Å²) in [6.07, 6.45) is 11.4. The largest absolute Gasteiger partial charge is 0.203 e. The maximum absolute atomic E-state index is 15.1. The van der Waals surface area contributed by atoms with Gasteiger partial charge in [0, 0.05) is 16.7 Å². The van der Waals surface area contributed by atoms with Gasteiger partial charge in [-0.1, -0.05) is 73.7 Å². The molecule has 3 aromatic rings. The number of hydrogen-bond donors (Lipinski definition) is 0.